The van der Waals surface area contributed by atoms with Gasteiger partial charge in [-0.1, -0.05) is 0 Å². The summed E-state index contributed by atoms with van der Waals surface area (Å²) >= 11 is 0. The number of carboxylic acid groups (broad SMARTS) is 1. The van der Waals surface area contributed by atoms with Gasteiger partial charge in [-0.25, -0.2) is 14.8 Å². The molecular formula is C10H15N3O3. The number of hydrogen-bond acceptors (Lipinski definition) is 5. The van der Waals surface area contributed by atoms with E-state index in [9.17, 15) is 4.79 Å². The van der Waals surface area contributed by atoms with E-state index in [-0.39, 0.29) is 11.7 Å². The number of nitrogens with zero attached hydrogens (tertiary/aromatic N) is 2. The molecule has 0 aliphatic rings. The van der Waals surface area contributed by atoms with E-state index in [0.717, 1.165) is 6.42 Å². The lowest BCUT2D eigenvalue weighted by atomic mass is 10.2. The summed E-state index contributed by atoms with van der Waals surface area (Å²) in [5.74, 6) is -0.514. The highest BCUT2D eigenvalue weighted by molar-refractivity contribution is 5.84. The van der Waals surface area contributed by atoms with Gasteiger partial charge in [-0.2, -0.15) is 0 Å². The molecule has 0 aliphatic carbocycles. The summed E-state index contributed by atoms with van der Waals surface area (Å²) in [6.45, 7) is 2.65. The van der Waals surface area contributed by atoms with Gasteiger partial charge in [0.2, 0.25) is 0 Å². The second-order valence-electron chi connectivity index (χ2n) is 3.42. The Balaban J connectivity index is 2.51. The van der Waals surface area contributed by atoms with Crippen LogP contribution in [0, 0.1) is 0 Å². The third kappa shape index (κ3) is 3.82. The zero-order valence-electron chi connectivity index (χ0n) is 9.30. The fourth-order valence-corrected chi connectivity index (χ4v) is 1.13. The average molecular weight is 225 g/mol. The molecule has 88 valence electrons. The largest absolute Gasteiger partial charge is 0.476 e. The first kappa shape index (κ1) is 12.4. The second-order valence-corrected chi connectivity index (χ2v) is 3.42. The molecule has 1 rings (SSSR count). The predicted octanol–water partition coefficient (Wildman–Crippen LogP) is 1.01. The first-order valence-electron chi connectivity index (χ1n) is 4.94. The van der Waals surface area contributed by atoms with Crippen LogP contribution in [0.15, 0.2) is 12.4 Å². The number of anilines is 1. The van der Waals surface area contributed by atoms with E-state index in [0.29, 0.717) is 12.4 Å². The van der Waals surface area contributed by atoms with Gasteiger partial charge in [-0.3, -0.25) is 0 Å². The van der Waals surface area contributed by atoms with Gasteiger partial charge in [-0.05, 0) is 13.3 Å². The Morgan fingerprint density at radius 3 is 2.81 bits per heavy atom. The first-order valence-corrected chi connectivity index (χ1v) is 4.94. The summed E-state index contributed by atoms with van der Waals surface area (Å²) in [6.07, 6.45) is 3.49. The molecule has 16 heavy (non-hydrogen) atoms. The number of methoxy groups -OCH3 is 1. The molecule has 2 N–H and O–H groups in total. The van der Waals surface area contributed by atoms with Gasteiger partial charge < -0.3 is 15.2 Å². The highest BCUT2D eigenvalue weighted by atomic mass is 16.5. The van der Waals surface area contributed by atoms with Crippen LogP contribution in [0.25, 0.3) is 0 Å². The smallest absolute Gasteiger partial charge is 0.356 e. The third-order valence-electron chi connectivity index (χ3n) is 2.02. The van der Waals surface area contributed by atoms with Crippen LogP contribution in [-0.4, -0.2) is 40.8 Å². The molecule has 0 amide bonds. The van der Waals surface area contributed by atoms with Gasteiger partial charge >= 0.3 is 5.97 Å². The van der Waals surface area contributed by atoms with Crippen LogP contribution in [0.1, 0.15) is 23.8 Å². The SMILES string of the molecule is COCCC(C)Nc1cnc(C(=O)O)cn1. The molecule has 1 unspecified atom stereocenters. The van der Waals surface area contributed by atoms with Crippen molar-refractivity contribution >= 4 is 11.8 Å². The molecule has 0 aromatic carbocycles. The van der Waals surface area contributed by atoms with Gasteiger partial charge in [0, 0.05) is 19.8 Å². The van der Waals surface area contributed by atoms with E-state index >= 15 is 0 Å². The highest BCUT2D eigenvalue weighted by Crippen LogP contribution is 2.05. The molecule has 1 heterocycles. The normalized spacial score (nSPS) is 12.1. The summed E-state index contributed by atoms with van der Waals surface area (Å²) in [6, 6.07) is 0.199. The minimum Gasteiger partial charge on any atom is -0.476 e. The van der Waals surface area contributed by atoms with Crippen LogP contribution in [0.3, 0.4) is 0 Å². The van der Waals surface area contributed by atoms with Crippen LogP contribution >= 0.6 is 0 Å². The average Bonchev–Trinajstić information content (AvgIpc) is 2.27. The van der Waals surface area contributed by atoms with E-state index in [4.69, 9.17) is 9.84 Å². The monoisotopic (exact) mass is 225 g/mol. The van der Waals surface area contributed by atoms with E-state index in [1.807, 2.05) is 6.92 Å². The molecule has 0 bridgehead atoms. The lowest BCUT2D eigenvalue weighted by Gasteiger charge is -2.13. The van der Waals surface area contributed by atoms with Crippen LogP contribution in [0.2, 0.25) is 0 Å². The Kier molecular flexibility index (Phi) is 4.65. The maximum absolute atomic E-state index is 10.5. The molecular weight excluding hydrogens is 210 g/mol. The molecule has 6 nitrogen and oxygen atoms in total. The van der Waals surface area contributed by atoms with Gasteiger partial charge in [0.05, 0.1) is 12.4 Å². The van der Waals surface area contributed by atoms with Gasteiger partial charge in [0.25, 0.3) is 0 Å². The second kappa shape index (κ2) is 6.02. The van der Waals surface area contributed by atoms with Crippen molar-refractivity contribution < 1.29 is 14.6 Å². The van der Waals surface area contributed by atoms with E-state index in [1.165, 1.54) is 12.4 Å². The summed E-state index contributed by atoms with van der Waals surface area (Å²) in [5.41, 5.74) is -0.0601. The zero-order chi connectivity index (χ0) is 12.0. The van der Waals surface area contributed by atoms with Gasteiger partial charge in [0.1, 0.15) is 5.82 Å². The summed E-state index contributed by atoms with van der Waals surface area (Å²) in [4.78, 5) is 18.2. The van der Waals surface area contributed by atoms with Crippen molar-refractivity contribution in [3.8, 4) is 0 Å². The van der Waals surface area contributed by atoms with Crippen molar-refractivity contribution in [3.05, 3.63) is 18.1 Å². The number of aromatic carboxylic acids is 1. The summed E-state index contributed by atoms with van der Waals surface area (Å²) in [7, 11) is 1.65. The highest BCUT2D eigenvalue weighted by Gasteiger charge is 2.06. The Labute approximate surface area is 93.7 Å². The molecule has 1 aromatic heterocycles. The lowest BCUT2D eigenvalue weighted by molar-refractivity contribution is 0.0690. The van der Waals surface area contributed by atoms with E-state index in [2.05, 4.69) is 15.3 Å². The van der Waals surface area contributed by atoms with E-state index < -0.39 is 5.97 Å². The van der Waals surface area contributed by atoms with Crippen molar-refractivity contribution in [1.82, 2.24) is 9.97 Å². The Bertz CT molecular complexity index is 340. The number of carbonyl (C=O) groups is 1. The number of hydrogen-bond donors (Lipinski definition) is 2. The third-order valence-corrected chi connectivity index (χ3v) is 2.02. The van der Waals surface area contributed by atoms with Gasteiger partial charge in [-0.15, -0.1) is 0 Å². The number of carboxylic acids is 1. The van der Waals surface area contributed by atoms with Crippen molar-refractivity contribution in [2.75, 3.05) is 19.0 Å². The molecule has 0 fully saturated rings. The van der Waals surface area contributed by atoms with Crippen LogP contribution in [0.4, 0.5) is 5.82 Å². The molecule has 1 aromatic rings. The predicted molar refractivity (Wildman–Crippen MR) is 58.6 cm³/mol. The molecule has 0 spiro atoms. The quantitative estimate of drug-likeness (QED) is 0.751. The van der Waals surface area contributed by atoms with Crippen LogP contribution in [0.5, 0.6) is 0 Å². The molecule has 0 radical (unpaired) electrons. The molecule has 0 saturated carbocycles. The van der Waals surface area contributed by atoms with Crippen molar-refractivity contribution in [2.45, 2.75) is 19.4 Å². The number of ether oxygens (including phenoxy) is 1. The number of rotatable bonds is 6. The molecule has 1 atom stereocenters. The standard InChI is InChI=1S/C10H15N3O3/c1-7(3-4-16-2)13-9-6-11-8(5-12-9)10(14)15/h5-7H,3-4H2,1-2H3,(H,12,13)(H,14,15). The van der Waals surface area contributed by atoms with Crippen LogP contribution < -0.4 is 5.32 Å². The number of nitrogens with one attached hydrogen (secondary N) is 1. The summed E-state index contributed by atoms with van der Waals surface area (Å²) < 4.78 is 4.95. The lowest BCUT2D eigenvalue weighted by Crippen LogP contribution is -2.18. The summed E-state index contributed by atoms with van der Waals surface area (Å²) in [5, 5.41) is 11.7. The van der Waals surface area contributed by atoms with Gasteiger partial charge in [0.15, 0.2) is 5.69 Å². The maximum Gasteiger partial charge on any atom is 0.356 e. The molecule has 0 aliphatic heterocycles. The van der Waals surface area contributed by atoms with E-state index in [1.54, 1.807) is 7.11 Å². The number of aromatic nitrogens is 2. The Morgan fingerprint density at radius 2 is 2.31 bits per heavy atom. The zero-order valence-corrected chi connectivity index (χ0v) is 9.30. The maximum atomic E-state index is 10.5. The van der Waals surface area contributed by atoms with Crippen molar-refractivity contribution in [2.24, 2.45) is 0 Å². The Hall–Kier alpha value is -1.69. The molecule has 0 saturated heterocycles. The topological polar surface area (TPSA) is 84.3 Å². The first-order chi connectivity index (χ1) is 7.63. The fraction of sp³-hybridized carbons (Fsp3) is 0.500. The van der Waals surface area contributed by atoms with Crippen LogP contribution in [-0.2, 0) is 4.74 Å². The van der Waals surface area contributed by atoms with Crippen molar-refractivity contribution in [1.29, 1.82) is 0 Å². The minimum absolute atomic E-state index is 0.0601. The minimum atomic E-state index is -1.08. The van der Waals surface area contributed by atoms with Crippen molar-refractivity contribution in [3.63, 3.8) is 0 Å². The Morgan fingerprint density at radius 1 is 1.56 bits per heavy atom. The molecule has 6 heteroatoms. The fourth-order valence-electron chi connectivity index (χ4n) is 1.13.